The van der Waals surface area contributed by atoms with Gasteiger partial charge in [-0.05, 0) is 19.1 Å². The zero-order valence-corrected chi connectivity index (χ0v) is 12.1. The van der Waals surface area contributed by atoms with Crippen molar-refractivity contribution in [2.24, 2.45) is 0 Å². The minimum atomic E-state index is -3.28. The molecule has 0 bridgehead atoms. The predicted octanol–water partition coefficient (Wildman–Crippen LogP) is 0.285. The standard InChI is InChI=1S/C13H18O6S/c1-8(14)10-4-3-9(18-2)5-12(10)19-13-7-20(16,17)6-11(13)15/h3-5,8,11,13-15H,6-7H2,1-2H3. The number of ether oxygens (including phenoxy) is 2. The van der Waals surface area contributed by atoms with E-state index in [-0.39, 0.29) is 11.5 Å². The van der Waals surface area contributed by atoms with Gasteiger partial charge in [-0.3, -0.25) is 0 Å². The van der Waals surface area contributed by atoms with Crippen LogP contribution in [-0.2, 0) is 9.84 Å². The van der Waals surface area contributed by atoms with E-state index >= 15 is 0 Å². The van der Waals surface area contributed by atoms with Crippen molar-refractivity contribution in [3.63, 3.8) is 0 Å². The highest BCUT2D eigenvalue weighted by Crippen LogP contribution is 2.31. The van der Waals surface area contributed by atoms with Crippen LogP contribution in [0.5, 0.6) is 11.5 Å². The van der Waals surface area contributed by atoms with Crippen molar-refractivity contribution in [1.29, 1.82) is 0 Å². The van der Waals surface area contributed by atoms with Crippen LogP contribution in [-0.4, -0.2) is 49.5 Å². The fourth-order valence-electron chi connectivity index (χ4n) is 2.16. The van der Waals surface area contributed by atoms with Gasteiger partial charge in [0.05, 0.1) is 24.7 Å². The van der Waals surface area contributed by atoms with Crippen LogP contribution in [0.3, 0.4) is 0 Å². The molecule has 3 unspecified atom stereocenters. The van der Waals surface area contributed by atoms with Crippen LogP contribution < -0.4 is 9.47 Å². The van der Waals surface area contributed by atoms with Crippen molar-refractivity contribution in [3.8, 4) is 11.5 Å². The fourth-order valence-corrected chi connectivity index (χ4v) is 3.82. The molecule has 1 heterocycles. The molecule has 0 aliphatic carbocycles. The summed E-state index contributed by atoms with van der Waals surface area (Å²) in [7, 11) is -1.79. The second-order valence-corrected chi connectivity index (χ2v) is 7.03. The Bertz CT molecular complexity index is 581. The number of sulfone groups is 1. The Hall–Kier alpha value is -1.31. The van der Waals surface area contributed by atoms with Gasteiger partial charge < -0.3 is 19.7 Å². The topological polar surface area (TPSA) is 93.1 Å². The summed E-state index contributed by atoms with van der Waals surface area (Å²) in [6.07, 6.45) is -2.66. The van der Waals surface area contributed by atoms with Crippen LogP contribution in [0, 0.1) is 0 Å². The summed E-state index contributed by atoms with van der Waals surface area (Å²) in [6, 6.07) is 4.89. The van der Waals surface area contributed by atoms with E-state index < -0.39 is 28.1 Å². The molecule has 0 amide bonds. The minimum Gasteiger partial charge on any atom is -0.497 e. The zero-order valence-electron chi connectivity index (χ0n) is 11.3. The van der Waals surface area contributed by atoms with Gasteiger partial charge in [0.15, 0.2) is 9.84 Å². The third-order valence-electron chi connectivity index (χ3n) is 3.22. The van der Waals surface area contributed by atoms with Crippen LogP contribution in [0.15, 0.2) is 18.2 Å². The van der Waals surface area contributed by atoms with E-state index in [0.717, 1.165) is 0 Å². The molecule has 20 heavy (non-hydrogen) atoms. The molecule has 1 saturated heterocycles. The predicted molar refractivity (Wildman–Crippen MR) is 72.7 cm³/mol. The maximum absolute atomic E-state index is 11.5. The Morgan fingerprint density at radius 3 is 2.55 bits per heavy atom. The molecule has 6 nitrogen and oxygen atoms in total. The Morgan fingerprint density at radius 2 is 2.05 bits per heavy atom. The number of aliphatic hydroxyl groups is 2. The second kappa shape index (κ2) is 5.59. The van der Waals surface area contributed by atoms with Crippen molar-refractivity contribution in [2.75, 3.05) is 18.6 Å². The van der Waals surface area contributed by atoms with E-state index in [0.29, 0.717) is 17.1 Å². The zero-order chi connectivity index (χ0) is 14.9. The number of aliphatic hydroxyl groups excluding tert-OH is 2. The Morgan fingerprint density at radius 1 is 1.35 bits per heavy atom. The average Bonchev–Trinajstić information content (AvgIpc) is 2.61. The molecule has 1 aromatic carbocycles. The molecule has 1 aliphatic rings. The summed E-state index contributed by atoms with van der Waals surface area (Å²) in [5, 5.41) is 19.5. The number of hydrogen-bond acceptors (Lipinski definition) is 6. The molecule has 1 aliphatic heterocycles. The molecule has 0 saturated carbocycles. The highest BCUT2D eigenvalue weighted by atomic mass is 32.2. The van der Waals surface area contributed by atoms with Crippen molar-refractivity contribution in [3.05, 3.63) is 23.8 Å². The van der Waals surface area contributed by atoms with Crippen LogP contribution in [0.2, 0.25) is 0 Å². The van der Waals surface area contributed by atoms with Gasteiger partial charge in [-0.25, -0.2) is 8.42 Å². The number of hydrogen-bond donors (Lipinski definition) is 2. The second-order valence-electron chi connectivity index (χ2n) is 4.88. The summed E-state index contributed by atoms with van der Waals surface area (Å²) in [5.41, 5.74) is 0.516. The number of rotatable bonds is 4. The Labute approximate surface area is 117 Å². The molecule has 2 rings (SSSR count). The molecule has 3 atom stereocenters. The molecule has 0 aromatic heterocycles. The summed E-state index contributed by atoms with van der Waals surface area (Å²) in [4.78, 5) is 0. The maximum Gasteiger partial charge on any atom is 0.156 e. The van der Waals surface area contributed by atoms with Gasteiger partial charge in [0.1, 0.15) is 23.7 Å². The third-order valence-corrected chi connectivity index (χ3v) is 4.91. The average molecular weight is 302 g/mol. The van der Waals surface area contributed by atoms with E-state index in [2.05, 4.69) is 0 Å². The van der Waals surface area contributed by atoms with Crippen molar-refractivity contribution in [1.82, 2.24) is 0 Å². The van der Waals surface area contributed by atoms with E-state index in [9.17, 15) is 18.6 Å². The first kappa shape index (κ1) is 15.1. The summed E-state index contributed by atoms with van der Waals surface area (Å²) in [6.45, 7) is 1.58. The largest absolute Gasteiger partial charge is 0.497 e. The van der Waals surface area contributed by atoms with Crippen molar-refractivity contribution < 1.29 is 28.1 Å². The van der Waals surface area contributed by atoms with Gasteiger partial charge >= 0.3 is 0 Å². The van der Waals surface area contributed by atoms with E-state index in [1.807, 2.05) is 0 Å². The van der Waals surface area contributed by atoms with Crippen LogP contribution in [0.1, 0.15) is 18.6 Å². The molecule has 7 heteroatoms. The monoisotopic (exact) mass is 302 g/mol. The van der Waals surface area contributed by atoms with Crippen LogP contribution in [0.25, 0.3) is 0 Å². The summed E-state index contributed by atoms with van der Waals surface area (Å²) >= 11 is 0. The van der Waals surface area contributed by atoms with Gasteiger partial charge in [0.2, 0.25) is 0 Å². The Kier molecular flexibility index (Phi) is 4.22. The highest BCUT2D eigenvalue weighted by molar-refractivity contribution is 7.91. The van der Waals surface area contributed by atoms with Crippen LogP contribution >= 0.6 is 0 Å². The lowest BCUT2D eigenvalue weighted by Gasteiger charge is -2.20. The number of benzene rings is 1. The molecular formula is C13H18O6S. The first-order valence-electron chi connectivity index (χ1n) is 6.23. The molecule has 0 radical (unpaired) electrons. The Balaban J connectivity index is 2.28. The van der Waals surface area contributed by atoms with Crippen molar-refractivity contribution in [2.45, 2.75) is 25.2 Å². The quantitative estimate of drug-likeness (QED) is 0.830. The van der Waals surface area contributed by atoms with Gasteiger partial charge in [0.25, 0.3) is 0 Å². The minimum absolute atomic E-state index is 0.232. The van der Waals surface area contributed by atoms with E-state index in [1.165, 1.54) is 7.11 Å². The summed E-state index contributed by atoms with van der Waals surface area (Å²) in [5.74, 6) is 0.316. The van der Waals surface area contributed by atoms with Gasteiger partial charge in [-0.15, -0.1) is 0 Å². The number of methoxy groups -OCH3 is 1. The molecule has 2 N–H and O–H groups in total. The lowest BCUT2D eigenvalue weighted by Crippen LogP contribution is -2.30. The van der Waals surface area contributed by atoms with Crippen LogP contribution in [0.4, 0.5) is 0 Å². The molecule has 1 aromatic rings. The highest BCUT2D eigenvalue weighted by Gasteiger charge is 2.38. The molecule has 112 valence electrons. The SMILES string of the molecule is COc1ccc(C(C)O)c(OC2CS(=O)(=O)CC2O)c1. The normalized spacial score (nSPS) is 26.2. The lowest BCUT2D eigenvalue weighted by molar-refractivity contribution is 0.0705. The first-order valence-corrected chi connectivity index (χ1v) is 8.05. The fraction of sp³-hybridized carbons (Fsp3) is 0.538. The van der Waals surface area contributed by atoms with Gasteiger partial charge in [-0.2, -0.15) is 0 Å². The lowest BCUT2D eigenvalue weighted by atomic mass is 10.1. The van der Waals surface area contributed by atoms with Crippen molar-refractivity contribution >= 4 is 9.84 Å². The molecular weight excluding hydrogens is 284 g/mol. The van der Waals surface area contributed by atoms with Gasteiger partial charge in [0, 0.05) is 11.6 Å². The first-order chi connectivity index (χ1) is 9.32. The molecule has 0 spiro atoms. The summed E-state index contributed by atoms with van der Waals surface area (Å²) < 4.78 is 33.6. The maximum atomic E-state index is 11.5. The third kappa shape index (κ3) is 3.23. The van der Waals surface area contributed by atoms with E-state index in [1.54, 1.807) is 25.1 Å². The molecule has 1 fully saturated rings. The van der Waals surface area contributed by atoms with Gasteiger partial charge in [-0.1, -0.05) is 0 Å². The smallest absolute Gasteiger partial charge is 0.156 e. The van der Waals surface area contributed by atoms with E-state index in [4.69, 9.17) is 9.47 Å².